The van der Waals surface area contributed by atoms with E-state index in [1.807, 2.05) is 12.1 Å². The molecule has 0 aliphatic carbocycles. The van der Waals surface area contributed by atoms with E-state index in [0.29, 0.717) is 5.69 Å². The molecule has 0 fully saturated rings. The summed E-state index contributed by atoms with van der Waals surface area (Å²) in [4.78, 5) is 15.0. The molecule has 0 saturated heterocycles. The molecule has 24 heavy (non-hydrogen) atoms. The van der Waals surface area contributed by atoms with Crippen LogP contribution in [0, 0.1) is 11.6 Å². The van der Waals surface area contributed by atoms with Crippen LogP contribution in [0.5, 0.6) is 0 Å². The zero-order chi connectivity index (χ0) is 17.1. The predicted molar refractivity (Wildman–Crippen MR) is 86.6 cm³/mol. The number of carbonyl (C=O) groups is 1. The van der Waals surface area contributed by atoms with Crippen molar-refractivity contribution >= 4 is 22.6 Å². The molecule has 0 aliphatic rings. The van der Waals surface area contributed by atoms with Gasteiger partial charge in [-0.25, -0.2) is 13.6 Å². The van der Waals surface area contributed by atoms with E-state index in [-0.39, 0.29) is 12.1 Å². The molecule has 0 aliphatic heterocycles. The third-order valence-electron chi connectivity index (χ3n) is 3.63. The lowest BCUT2D eigenvalue weighted by atomic mass is 10.1. The third kappa shape index (κ3) is 3.36. The fraction of sp³-hybridized carbons (Fsp3) is 0.118. The van der Waals surface area contributed by atoms with Gasteiger partial charge in [0.2, 0.25) is 0 Å². The van der Waals surface area contributed by atoms with Gasteiger partial charge in [-0.2, -0.15) is 0 Å². The lowest BCUT2D eigenvalue weighted by molar-refractivity contribution is 0.174. The van der Waals surface area contributed by atoms with Gasteiger partial charge in [-0.3, -0.25) is 0 Å². The molecule has 0 spiro atoms. The minimum Gasteiger partial charge on any atom is -0.387 e. The maximum absolute atomic E-state index is 13.2. The van der Waals surface area contributed by atoms with Crippen molar-refractivity contribution < 1.29 is 18.7 Å². The SMILES string of the molecule is O=C(NC[C@@H](O)c1ccc(F)c(F)c1)Nc1cccc2[nH]ccc12. The number of rotatable bonds is 4. The van der Waals surface area contributed by atoms with E-state index in [9.17, 15) is 18.7 Å². The molecule has 3 rings (SSSR count). The van der Waals surface area contributed by atoms with E-state index in [1.165, 1.54) is 6.07 Å². The summed E-state index contributed by atoms with van der Waals surface area (Å²) in [5.74, 6) is -2.04. The molecule has 1 aromatic heterocycles. The molecule has 1 heterocycles. The highest BCUT2D eigenvalue weighted by Crippen LogP contribution is 2.22. The molecule has 124 valence electrons. The van der Waals surface area contributed by atoms with Crippen LogP contribution in [0.15, 0.2) is 48.7 Å². The zero-order valence-electron chi connectivity index (χ0n) is 12.5. The predicted octanol–water partition coefficient (Wildman–Crippen LogP) is 3.30. The highest BCUT2D eigenvalue weighted by molar-refractivity contribution is 6.00. The normalized spacial score (nSPS) is 12.1. The Morgan fingerprint density at radius 2 is 2.00 bits per heavy atom. The summed E-state index contributed by atoms with van der Waals surface area (Å²) in [6.45, 7) is -0.139. The van der Waals surface area contributed by atoms with Gasteiger partial charge >= 0.3 is 6.03 Å². The minimum atomic E-state index is -1.14. The van der Waals surface area contributed by atoms with E-state index >= 15 is 0 Å². The summed E-state index contributed by atoms with van der Waals surface area (Å²) >= 11 is 0. The molecule has 2 amide bonds. The highest BCUT2D eigenvalue weighted by Gasteiger charge is 2.13. The van der Waals surface area contributed by atoms with Crippen LogP contribution in [-0.2, 0) is 0 Å². The van der Waals surface area contributed by atoms with E-state index in [1.54, 1.807) is 18.3 Å². The van der Waals surface area contributed by atoms with Crippen molar-refractivity contribution in [2.45, 2.75) is 6.10 Å². The topological polar surface area (TPSA) is 77.2 Å². The number of carbonyl (C=O) groups excluding carboxylic acids is 1. The Kier molecular flexibility index (Phi) is 4.43. The Labute approximate surface area is 136 Å². The Balaban J connectivity index is 1.61. The van der Waals surface area contributed by atoms with Crippen molar-refractivity contribution in [1.82, 2.24) is 10.3 Å². The van der Waals surface area contributed by atoms with Gasteiger partial charge < -0.3 is 20.7 Å². The van der Waals surface area contributed by atoms with Crippen LogP contribution in [0.1, 0.15) is 11.7 Å². The molecule has 7 heteroatoms. The van der Waals surface area contributed by atoms with Crippen molar-refractivity contribution in [2.75, 3.05) is 11.9 Å². The van der Waals surface area contributed by atoms with Crippen molar-refractivity contribution in [3.8, 4) is 0 Å². The number of anilines is 1. The minimum absolute atomic E-state index is 0.139. The second-order valence-corrected chi connectivity index (χ2v) is 5.27. The fourth-order valence-corrected chi connectivity index (χ4v) is 2.39. The van der Waals surface area contributed by atoms with Gasteiger partial charge in [0.25, 0.3) is 0 Å². The number of amides is 2. The number of urea groups is 1. The summed E-state index contributed by atoms with van der Waals surface area (Å²) in [6.07, 6.45) is 0.620. The van der Waals surface area contributed by atoms with Gasteiger partial charge in [0.15, 0.2) is 11.6 Å². The van der Waals surface area contributed by atoms with Crippen LogP contribution in [-0.4, -0.2) is 22.7 Å². The molecule has 2 aromatic carbocycles. The van der Waals surface area contributed by atoms with Crippen LogP contribution < -0.4 is 10.6 Å². The van der Waals surface area contributed by atoms with Crippen LogP contribution in [0.2, 0.25) is 0 Å². The Morgan fingerprint density at radius 3 is 2.79 bits per heavy atom. The summed E-state index contributed by atoms with van der Waals surface area (Å²) in [5, 5.41) is 16.0. The highest BCUT2D eigenvalue weighted by atomic mass is 19.2. The Morgan fingerprint density at radius 1 is 1.17 bits per heavy atom. The second kappa shape index (κ2) is 6.67. The molecule has 1 atom stereocenters. The largest absolute Gasteiger partial charge is 0.387 e. The number of aliphatic hydroxyl groups excluding tert-OH is 1. The first-order valence-corrected chi connectivity index (χ1v) is 7.28. The molecular weight excluding hydrogens is 316 g/mol. The molecule has 0 bridgehead atoms. The lowest BCUT2D eigenvalue weighted by Gasteiger charge is -2.13. The standard InChI is InChI=1S/C17H15F2N3O2/c18-12-5-4-10(8-13(12)19)16(23)9-21-17(24)22-15-3-1-2-14-11(15)6-7-20-14/h1-8,16,20,23H,9H2,(H2,21,22,24)/t16-/m1/s1. The van der Waals surface area contributed by atoms with Gasteiger partial charge in [0.05, 0.1) is 11.8 Å². The van der Waals surface area contributed by atoms with Crippen LogP contribution in [0.3, 0.4) is 0 Å². The maximum atomic E-state index is 13.2. The first-order chi connectivity index (χ1) is 11.5. The number of aliphatic hydroxyl groups is 1. The van der Waals surface area contributed by atoms with Gasteiger partial charge in [-0.05, 0) is 35.9 Å². The van der Waals surface area contributed by atoms with Crippen LogP contribution in [0.25, 0.3) is 10.9 Å². The van der Waals surface area contributed by atoms with Crippen LogP contribution in [0.4, 0.5) is 19.3 Å². The van der Waals surface area contributed by atoms with E-state index in [0.717, 1.165) is 23.0 Å². The maximum Gasteiger partial charge on any atom is 0.319 e. The molecule has 0 saturated carbocycles. The van der Waals surface area contributed by atoms with Crippen molar-refractivity contribution in [1.29, 1.82) is 0 Å². The Bertz CT molecular complexity index is 879. The lowest BCUT2D eigenvalue weighted by Crippen LogP contribution is -2.32. The smallest absolute Gasteiger partial charge is 0.319 e. The number of aromatic amines is 1. The molecule has 5 nitrogen and oxygen atoms in total. The van der Waals surface area contributed by atoms with Crippen molar-refractivity contribution in [3.05, 3.63) is 65.9 Å². The summed E-state index contributed by atoms with van der Waals surface area (Å²) in [6, 6.07) is 9.85. The van der Waals surface area contributed by atoms with Crippen LogP contribution >= 0.6 is 0 Å². The molecule has 4 N–H and O–H groups in total. The van der Waals surface area contributed by atoms with E-state index < -0.39 is 23.8 Å². The summed E-state index contributed by atoms with van der Waals surface area (Å²) in [5.41, 5.74) is 1.69. The monoisotopic (exact) mass is 331 g/mol. The number of aromatic nitrogens is 1. The quantitative estimate of drug-likeness (QED) is 0.592. The third-order valence-corrected chi connectivity index (χ3v) is 3.63. The number of fused-ring (bicyclic) bond motifs is 1. The van der Waals surface area contributed by atoms with E-state index in [2.05, 4.69) is 15.6 Å². The Hall–Kier alpha value is -2.93. The molecule has 0 unspecified atom stereocenters. The average Bonchev–Trinajstić information content (AvgIpc) is 3.05. The van der Waals surface area contributed by atoms with E-state index in [4.69, 9.17) is 0 Å². The van der Waals surface area contributed by atoms with Gasteiger partial charge in [0.1, 0.15) is 0 Å². The molecule has 3 aromatic rings. The number of benzene rings is 2. The van der Waals surface area contributed by atoms with Gasteiger partial charge in [-0.1, -0.05) is 12.1 Å². The van der Waals surface area contributed by atoms with Crippen molar-refractivity contribution in [3.63, 3.8) is 0 Å². The number of halogens is 2. The first kappa shape index (κ1) is 15.9. The van der Waals surface area contributed by atoms with Gasteiger partial charge in [-0.15, -0.1) is 0 Å². The number of nitrogens with one attached hydrogen (secondary N) is 3. The second-order valence-electron chi connectivity index (χ2n) is 5.27. The fourth-order valence-electron chi connectivity index (χ4n) is 2.39. The summed E-state index contributed by atoms with van der Waals surface area (Å²) in [7, 11) is 0. The zero-order valence-corrected chi connectivity index (χ0v) is 12.5. The number of hydrogen-bond acceptors (Lipinski definition) is 2. The molecule has 0 radical (unpaired) electrons. The average molecular weight is 331 g/mol. The number of H-pyrrole nitrogens is 1. The number of hydrogen-bond donors (Lipinski definition) is 4. The van der Waals surface area contributed by atoms with Gasteiger partial charge in [0, 0.05) is 23.6 Å². The molecular formula is C17H15F2N3O2. The first-order valence-electron chi connectivity index (χ1n) is 7.28. The summed E-state index contributed by atoms with van der Waals surface area (Å²) < 4.78 is 26.0. The van der Waals surface area contributed by atoms with Crippen molar-refractivity contribution in [2.24, 2.45) is 0 Å².